The molecule has 1 aromatic heterocycles. The lowest BCUT2D eigenvalue weighted by Gasteiger charge is -2.40. The summed E-state index contributed by atoms with van der Waals surface area (Å²) in [5.41, 5.74) is -0.482. The van der Waals surface area contributed by atoms with Crippen LogP contribution >= 0.6 is 0 Å². The number of hydrogen-bond donors (Lipinski definition) is 1. The Morgan fingerprint density at radius 2 is 1.97 bits per heavy atom. The van der Waals surface area contributed by atoms with Gasteiger partial charge in [-0.05, 0) is 38.8 Å². The molecular formula is C21H26N4O5S. The molecule has 0 spiro atoms. The Labute approximate surface area is 181 Å². The van der Waals surface area contributed by atoms with Crippen molar-refractivity contribution in [3.8, 4) is 11.5 Å². The van der Waals surface area contributed by atoms with E-state index in [0.717, 1.165) is 31.9 Å². The summed E-state index contributed by atoms with van der Waals surface area (Å²) in [5, 5.41) is 3.06. The number of nitrogens with zero attached hydrogens (tertiary/aromatic N) is 3. The van der Waals surface area contributed by atoms with Gasteiger partial charge in [0, 0.05) is 18.4 Å². The number of anilines is 3. The number of methoxy groups -OCH3 is 1. The highest BCUT2D eigenvalue weighted by Gasteiger charge is 2.45. The molecule has 1 saturated carbocycles. The average molecular weight is 447 g/mol. The maximum Gasteiger partial charge on any atom is 0.272 e. The Morgan fingerprint density at radius 3 is 2.61 bits per heavy atom. The number of benzene rings is 1. The van der Waals surface area contributed by atoms with Crippen LogP contribution in [0.3, 0.4) is 0 Å². The highest BCUT2D eigenvalue weighted by atomic mass is 32.2. The number of fused-ring (bicyclic) bond motifs is 1. The zero-order valence-electron chi connectivity index (χ0n) is 18.0. The van der Waals surface area contributed by atoms with E-state index in [9.17, 15) is 13.2 Å². The third kappa shape index (κ3) is 4.04. The molecule has 31 heavy (non-hydrogen) atoms. The highest BCUT2D eigenvalue weighted by Crippen LogP contribution is 2.41. The normalized spacial score (nSPS) is 18.5. The second kappa shape index (κ2) is 7.67. The summed E-state index contributed by atoms with van der Waals surface area (Å²) in [7, 11) is -1.92. The van der Waals surface area contributed by atoms with Gasteiger partial charge < -0.3 is 14.8 Å². The third-order valence-electron chi connectivity index (χ3n) is 5.60. The summed E-state index contributed by atoms with van der Waals surface area (Å²) in [6, 6.07) is 4.60. The van der Waals surface area contributed by atoms with Crippen LogP contribution in [0.15, 0.2) is 29.3 Å². The zero-order chi connectivity index (χ0) is 22.4. The summed E-state index contributed by atoms with van der Waals surface area (Å²) < 4.78 is 34.9. The van der Waals surface area contributed by atoms with Crippen LogP contribution < -0.4 is 19.7 Å². The molecule has 166 valence electrons. The largest absolute Gasteiger partial charge is 0.495 e. The number of amides is 1. The summed E-state index contributed by atoms with van der Waals surface area (Å²) in [6.45, 7) is 3.50. The van der Waals surface area contributed by atoms with Gasteiger partial charge in [-0.3, -0.25) is 9.69 Å². The highest BCUT2D eigenvalue weighted by molar-refractivity contribution is 7.90. The van der Waals surface area contributed by atoms with Crippen molar-refractivity contribution in [3.63, 3.8) is 0 Å². The Kier molecular flexibility index (Phi) is 5.28. The molecule has 2 heterocycles. The molecule has 10 heteroatoms. The van der Waals surface area contributed by atoms with Crippen molar-refractivity contribution in [2.24, 2.45) is 0 Å². The van der Waals surface area contributed by atoms with Crippen molar-refractivity contribution in [3.05, 3.63) is 24.4 Å². The van der Waals surface area contributed by atoms with Gasteiger partial charge in [0.15, 0.2) is 27.0 Å². The van der Waals surface area contributed by atoms with E-state index in [2.05, 4.69) is 15.3 Å². The van der Waals surface area contributed by atoms with Crippen LogP contribution in [-0.4, -0.2) is 49.3 Å². The van der Waals surface area contributed by atoms with Gasteiger partial charge in [0.1, 0.15) is 5.75 Å². The van der Waals surface area contributed by atoms with E-state index < -0.39 is 15.4 Å². The molecule has 0 bridgehead atoms. The van der Waals surface area contributed by atoms with Crippen LogP contribution in [0.1, 0.15) is 39.5 Å². The number of rotatable bonds is 5. The molecule has 0 saturated heterocycles. The molecule has 4 rings (SSSR count). The van der Waals surface area contributed by atoms with Gasteiger partial charge in [-0.1, -0.05) is 12.8 Å². The monoisotopic (exact) mass is 446 g/mol. The number of ether oxygens (including phenoxy) is 2. The fraction of sp³-hybridized carbons (Fsp3) is 0.476. The summed E-state index contributed by atoms with van der Waals surface area (Å²) in [6.07, 6.45) is 6.69. The van der Waals surface area contributed by atoms with Crippen LogP contribution in [0.5, 0.6) is 11.5 Å². The van der Waals surface area contributed by atoms with Gasteiger partial charge in [0.2, 0.25) is 5.95 Å². The standard InChI is InChI=1S/C21H26N4O5S/c1-21(2)19(26)25(13-7-5-6-8-13)18-17(30-21)12-22-20(24-18)23-15-10-9-14(31(4,27)28)11-16(15)29-3/h9-13H,5-8H2,1-4H3,(H,22,23,24). The predicted molar refractivity (Wildman–Crippen MR) is 116 cm³/mol. The lowest BCUT2D eigenvalue weighted by Crippen LogP contribution is -2.55. The van der Waals surface area contributed by atoms with Crippen LogP contribution in [0.25, 0.3) is 0 Å². The fourth-order valence-electron chi connectivity index (χ4n) is 4.00. The minimum atomic E-state index is -3.37. The first-order valence-electron chi connectivity index (χ1n) is 10.1. The van der Waals surface area contributed by atoms with Crippen LogP contribution in [-0.2, 0) is 14.6 Å². The van der Waals surface area contributed by atoms with Gasteiger partial charge in [0.25, 0.3) is 5.91 Å². The first-order chi connectivity index (χ1) is 14.6. The topological polar surface area (TPSA) is 111 Å². The second-order valence-electron chi connectivity index (χ2n) is 8.37. The lowest BCUT2D eigenvalue weighted by molar-refractivity contribution is -0.133. The zero-order valence-corrected chi connectivity index (χ0v) is 18.8. The molecule has 2 aliphatic rings. The van der Waals surface area contributed by atoms with E-state index in [1.165, 1.54) is 19.2 Å². The molecular weight excluding hydrogens is 420 g/mol. The minimum Gasteiger partial charge on any atom is -0.495 e. The summed E-state index contributed by atoms with van der Waals surface area (Å²) in [4.78, 5) is 24.0. The first-order valence-corrected chi connectivity index (χ1v) is 12.0. The van der Waals surface area contributed by atoms with Gasteiger partial charge in [-0.2, -0.15) is 4.98 Å². The average Bonchev–Trinajstić information content (AvgIpc) is 3.23. The quantitative estimate of drug-likeness (QED) is 0.746. The van der Waals surface area contributed by atoms with Crippen LogP contribution in [0.2, 0.25) is 0 Å². The summed E-state index contributed by atoms with van der Waals surface area (Å²) >= 11 is 0. The van der Waals surface area contributed by atoms with E-state index in [4.69, 9.17) is 9.47 Å². The molecule has 1 aromatic carbocycles. The van der Waals surface area contributed by atoms with Crippen molar-refractivity contribution in [1.29, 1.82) is 0 Å². The van der Waals surface area contributed by atoms with Crippen molar-refractivity contribution in [1.82, 2.24) is 9.97 Å². The van der Waals surface area contributed by atoms with Crippen molar-refractivity contribution >= 4 is 33.2 Å². The van der Waals surface area contributed by atoms with E-state index in [1.807, 2.05) is 0 Å². The van der Waals surface area contributed by atoms with Gasteiger partial charge in [-0.15, -0.1) is 0 Å². The molecule has 1 amide bonds. The SMILES string of the molecule is COc1cc(S(C)(=O)=O)ccc1Nc1ncc2c(n1)N(C1CCCC1)C(=O)C(C)(C)O2. The van der Waals surface area contributed by atoms with Crippen LogP contribution in [0.4, 0.5) is 17.5 Å². The molecule has 1 aliphatic heterocycles. The number of hydrogen-bond acceptors (Lipinski definition) is 8. The van der Waals surface area contributed by atoms with E-state index in [1.54, 1.807) is 31.0 Å². The number of sulfone groups is 1. The van der Waals surface area contributed by atoms with Gasteiger partial charge in [-0.25, -0.2) is 13.4 Å². The molecule has 1 aliphatic carbocycles. The maximum atomic E-state index is 13.1. The van der Waals surface area contributed by atoms with Crippen molar-refractivity contribution < 1.29 is 22.7 Å². The molecule has 0 atom stereocenters. The molecule has 2 aromatic rings. The number of aromatic nitrogens is 2. The third-order valence-corrected chi connectivity index (χ3v) is 6.71. The fourth-order valence-corrected chi connectivity index (χ4v) is 4.63. The number of carbonyl (C=O) groups is 1. The summed E-state index contributed by atoms with van der Waals surface area (Å²) in [5.74, 6) is 1.38. The number of carbonyl (C=O) groups excluding carboxylic acids is 1. The Hall–Kier alpha value is -2.88. The molecule has 9 nitrogen and oxygen atoms in total. The first kappa shape index (κ1) is 21.4. The van der Waals surface area contributed by atoms with Gasteiger partial charge in [0.05, 0.1) is 23.9 Å². The molecule has 0 unspecified atom stereocenters. The molecule has 0 radical (unpaired) electrons. The van der Waals surface area contributed by atoms with E-state index >= 15 is 0 Å². The number of nitrogens with one attached hydrogen (secondary N) is 1. The Morgan fingerprint density at radius 1 is 1.26 bits per heavy atom. The Balaban J connectivity index is 1.71. The van der Waals surface area contributed by atoms with E-state index in [-0.39, 0.29) is 22.8 Å². The van der Waals surface area contributed by atoms with Crippen molar-refractivity contribution in [2.45, 2.75) is 56.1 Å². The van der Waals surface area contributed by atoms with Crippen molar-refractivity contribution in [2.75, 3.05) is 23.6 Å². The smallest absolute Gasteiger partial charge is 0.272 e. The molecule has 1 fully saturated rings. The Bertz CT molecular complexity index is 1130. The molecule has 1 N–H and O–H groups in total. The van der Waals surface area contributed by atoms with Crippen LogP contribution in [0, 0.1) is 0 Å². The van der Waals surface area contributed by atoms with Gasteiger partial charge >= 0.3 is 0 Å². The predicted octanol–water partition coefficient (Wildman–Crippen LogP) is 3.08. The maximum absolute atomic E-state index is 13.1. The second-order valence-corrected chi connectivity index (χ2v) is 10.4. The van der Waals surface area contributed by atoms with E-state index in [0.29, 0.717) is 23.0 Å². The lowest BCUT2D eigenvalue weighted by atomic mass is 10.0. The minimum absolute atomic E-state index is 0.0840.